The third kappa shape index (κ3) is 11.7. The lowest BCUT2D eigenvalue weighted by Crippen LogP contribution is -2.18. The number of hydrogen-bond donors (Lipinski definition) is 3. The van der Waals surface area contributed by atoms with Crippen LogP contribution in [0.5, 0.6) is 0 Å². The van der Waals surface area contributed by atoms with Crippen molar-refractivity contribution < 1.29 is 20.1 Å². The van der Waals surface area contributed by atoms with Crippen molar-refractivity contribution in [3.8, 4) is 0 Å². The van der Waals surface area contributed by atoms with E-state index in [4.69, 9.17) is 10.2 Å². The zero-order valence-electron chi connectivity index (χ0n) is 14.2. The van der Waals surface area contributed by atoms with Gasteiger partial charge in [0.25, 0.3) is 0 Å². The molecule has 0 radical (unpaired) electrons. The largest absolute Gasteiger partial charge is 0.481 e. The van der Waals surface area contributed by atoms with Crippen molar-refractivity contribution in [1.82, 2.24) is 0 Å². The van der Waals surface area contributed by atoms with E-state index in [1.165, 1.54) is 0 Å². The van der Waals surface area contributed by atoms with Crippen molar-refractivity contribution in [2.45, 2.75) is 85.2 Å². The number of aliphatic hydroxyl groups excluding tert-OH is 2. The van der Waals surface area contributed by atoms with Gasteiger partial charge in [-0.15, -0.1) is 0 Å². The Morgan fingerprint density at radius 3 is 1.86 bits per heavy atom. The van der Waals surface area contributed by atoms with Crippen molar-refractivity contribution in [3.63, 3.8) is 0 Å². The van der Waals surface area contributed by atoms with Crippen LogP contribution < -0.4 is 0 Å². The van der Waals surface area contributed by atoms with Gasteiger partial charge in [-0.3, -0.25) is 4.79 Å². The van der Waals surface area contributed by atoms with Crippen molar-refractivity contribution in [3.05, 3.63) is 0 Å². The van der Waals surface area contributed by atoms with Crippen LogP contribution in [-0.2, 0) is 4.79 Å². The number of carboxylic acids is 1. The number of rotatable bonds is 12. The lowest BCUT2D eigenvalue weighted by molar-refractivity contribution is -0.139. The van der Waals surface area contributed by atoms with Crippen LogP contribution in [0.2, 0.25) is 0 Å². The molecule has 0 aliphatic heterocycles. The molecule has 4 heteroatoms. The highest BCUT2D eigenvalue weighted by atomic mass is 16.4. The normalized spacial score (nSPS) is 14.2. The molecule has 0 fully saturated rings. The second-order valence-electron chi connectivity index (χ2n) is 7.81. The summed E-state index contributed by atoms with van der Waals surface area (Å²) in [5.74, 6) is -0.758. The molecule has 3 N–H and O–H groups in total. The van der Waals surface area contributed by atoms with Gasteiger partial charge in [-0.2, -0.15) is 0 Å². The third-order valence-corrected chi connectivity index (χ3v) is 4.20. The first kappa shape index (κ1) is 20.4. The van der Waals surface area contributed by atoms with E-state index in [1.807, 2.05) is 13.8 Å². The minimum absolute atomic E-state index is 0.137. The zero-order chi connectivity index (χ0) is 16.5. The topological polar surface area (TPSA) is 77.8 Å². The molecule has 0 aromatic rings. The average Bonchev–Trinajstić information content (AvgIpc) is 2.25. The molecule has 0 heterocycles. The summed E-state index contributed by atoms with van der Waals surface area (Å²) in [6.07, 6.45) is 5.87. The maximum Gasteiger partial charge on any atom is 0.303 e. The Morgan fingerprint density at radius 2 is 1.43 bits per heavy atom. The third-order valence-electron chi connectivity index (χ3n) is 4.20. The van der Waals surface area contributed by atoms with E-state index < -0.39 is 5.97 Å². The molecule has 0 rings (SSSR count). The Kier molecular flexibility index (Phi) is 9.14. The molecule has 4 nitrogen and oxygen atoms in total. The minimum Gasteiger partial charge on any atom is -0.481 e. The van der Waals surface area contributed by atoms with Crippen molar-refractivity contribution >= 4 is 5.97 Å². The highest BCUT2D eigenvalue weighted by molar-refractivity contribution is 5.67. The van der Waals surface area contributed by atoms with Crippen LogP contribution in [0.1, 0.15) is 79.1 Å². The molecule has 126 valence electrons. The maximum absolute atomic E-state index is 10.7. The van der Waals surface area contributed by atoms with Gasteiger partial charge < -0.3 is 15.3 Å². The molecular weight excluding hydrogens is 268 g/mol. The van der Waals surface area contributed by atoms with Gasteiger partial charge in [0.2, 0.25) is 0 Å². The summed E-state index contributed by atoms with van der Waals surface area (Å²) in [5, 5.41) is 27.8. The summed E-state index contributed by atoms with van der Waals surface area (Å²) in [5.41, 5.74) is -0.0629. The number of carbonyl (C=O) groups is 1. The minimum atomic E-state index is -0.758. The molecule has 0 spiro atoms. The molecule has 0 aromatic carbocycles. The first-order valence-electron chi connectivity index (χ1n) is 8.09. The predicted octanol–water partition coefficient (Wildman–Crippen LogP) is 3.60. The van der Waals surface area contributed by atoms with Gasteiger partial charge in [-0.1, -0.05) is 40.5 Å². The average molecular weight is 302 g/mol. The Morgan fingerprint density at radius 1 is 0.952 bits per heavy atom. The summed E-state index contributed by atoms with van der Waals surface area (Å²) >= 11 is 0. The molecule has 0 amide bonds. The molecular formula is C17H34O4. The Hall–Kier alpha value is -0.610. The second-order valence-corrected chi connectivity index (χ2v) is 7.81. The van der Waals surface area contributed by atoms with Crippen LogP contribution in [0.15, 0.2) is 0 Å². The maximum atomic E-state index is 10.7. The van der Waals surface area contributed by atoms with Crippen molar-refractivity contribution in [2.75, 3.05) is 6.61 Å². The summed E-state index contributed by atoms with van der Waals surface area (Å²) in [6, 6.07) is 0. The zero-order valence-corrected chi connectivity index (χ0v) is 14.2. The van der Waals surface area contributed by atoms with E-state index in [0.717, 1.165) is 44.9 Å². The van der Waals surface area contributed by atoms with E-state index in [1.54, 1.807) is 0 Å². The Bertz CT molecular complexity index is 297. The molecule has 0 bridgehead atoms. The fourth-order valence-corrected chi connectivity index (χ4v) is 2.70. The molecule has 1 atom stereocenters. The smallest absolute Gasteiger partial charge is 0.303 e. The number of aliphatic carboxylic acids is 1. The fourth-order valence-electron chi connectivity index (χ4n) is 2.70. The molecule has 0 aliphatic carbocycles. The predicted molar refractivity (Wildman–Crippen MR) is 85.2 cm³/mol. The SMILES string of the molecule is CC(C)(CCO)CCCC(O)CCCC(C)(C)CC(=O)O. The molecule has 21 heavy (non-hydrogen) atoms. The van der Waals surface area contributed by atoms with Crippen LogP contribution in [-0.4, -0.2) is 34.0 Å². The van der Waals surface area contributed by atoms with Gasteiger partial charge in [0, 0.05) is 6.61 Å². The van der Waals surface area contributed by atoms with Crippen LogP contribution >= 0.6 is 0 Å². The summed E-state index contributed by atoms with van der Waals surface area (Å²) in [6.45, 7) is 8.43. The van der Waals surface area contributed by atoms with Crippen molar-refractivity contribution in [1.29, 1.82) is 0 Å². The molecule has 0 aliphatic rings. The fraction of sp³-hybridized carbons (Fsp3) is 0.941. The van der Waals surface area contributed by atoms with Gasteiger partial charge >= 0.3 is 5.97 Å². The van der Waals surface area contributed by atoms with E-state index in [-0.39, 0.29) is 30.0 Å². The van der Waals surface area contributed by atoms with Crippen LogP contribution in [0.4, 0.5) is 0 Å². The van der Waals surface area contributed by atoms with Gasteiger partial charge in [0.05, 0.1) is 12.5 Å². The highest BCUT2D eigenvalue weighted by Crippen LogP contribution is 2.29. The quantitative estimate of drug-likeness (QED) is 0.515. The summed E-state index contributed by atoms with van der Waals surface area (Å²) in [7, 11) is 0. The van der Waals surface area contributed by atoms with E-state index in [2.05, 4.69) is 13.8 Å². The first-order valence-corrected chi connectivity index (χ1v) is 8.09. The van der Waals surface area contributed by atoms with Gasteiger partial charge in [-0.05, 0) is 42.9 Å². The second kappa shape index (κ2) is 9.42. The lowest BCUT2D eigenvalue weighted by atomic mass is 9.82. The van der Waals surface area contributed by atoms with E-state index in [9.17, 15) is 9.90 Å². The highest BCUT2D eigenvalue weighted by Gasteiger charge is 2.22. The molecule has 0 saturated heterocycles. The van der Waals surface area contributed by atoms with Crippen molar-refractivity contribution in [2.24, 2.45) is 10.8 Å². The lowest BCUT2D eigenvalue weighted by Gasteiger charge is -2.25. The van der Waals surface area contributed by atoms with Crippen LogP contribution in [0.3, 0.4) is 0 Å². The standard InChI is InChI=1S/C17H34O4/c1-16(2,11-12-18)9-5-7-14(19)8-6-10-17(3,4)13-15(20)21/h14,18-19H,5-13H2,1-4H3,(H,20,21). The van der Waals surface area contributed by atoms with Crippen LogP contribution in [0, 0.1) is 10.8 Å². The molecule has 0 saturated carbocycles. The monoisotopic (exact) mass is 302 g/mol. The van der Waals surface area contributed by atoms with Gasteiger partial charge in [0.1, 0.15) is 0 Å². The van der Waals surface area contributed by atoms with E-state index >= 15 is 0 Å². The number of aliphatic hydroxyl groups is 2. The molecule has 1 unspecified atom stereocenters. The number of carboxylic acid groups (broad SMARTS) is 1. The van der Waals surface area contributed by atoms with Crippen LogP contribution in [0.25, 0.3) is 0 Å². The first-order chi connectivity index (χ1) is 9.58. The van der Waals surface area contributed by atoms with Gasteiger partial charge in [0.15, 0.2) is 0 Å². The molecule has 0 aromatic heterocycles. The summed E-state index contributed by atoms with van der Waals surface area (Å²) < 4.78 is 0. The summed E-state index contributed by atoms with van der Waals surface area (Å²) in [4.78, 5) is 10.7. The van der Waals surface area contributed by atoms with Gasteiger partial charge in [-0.25, -0.2) is 0 Å². The number of hydrogen-bond acceptors (Lipinski definition) is 3. The Balaban J connectivity index is 3.81. The Labute approximate surface area is 129 Å². The van der Waals surface area contributed by atoms with E-state index in [0.29, 0.717) is 0 Å².